The zero-order chi connectivity index (χ0) is 12.5. The molecule has 1 saturated carbocycles. The fourth-order valence-electron chi connectivity index (χ4n) is 4.09. The molecule has 3 fully saturated rings. The van der Waals surface area contributed by atoms with E-state index in [0.717, 1.165) is 24.0 Å². The first kappa shape index (κ1) is 12.9. The van der Waals surface area contributed by atoms with Crippen LogP contribution in [0.4, 0.5) is 0 Å². The lowest BCUT2D eigenvalue weighted by atomic mass is 9.96. The molecule has 3 unspecified atom stereocenters. The van der Waals surface area contributed by atoms with Crippen LogP contribution in [0.2, 0.25) is 0 Å². The third-order valence-electron chi connectivity index (χ3n) is 5.18. The maximum absolute atomic E-state index is 3.36. The minimum Gasteiger partial charge on any atom is -0.319 e. The predicted molar refractivity (Wildman–Crippen MR) is 75.8 cm³/mol. The average Bonchev–Trinajstić information content (AvgIpc) is 3.13. The van der Waals surface area contributed by atoms with Gasteiger partial charge in [0.25, 0.3) is 0 Å². The molecule has 0 aromatic rings. The lowest BCUT2D eigenvalue weighted by Gasteiger charge is -2.36. The van der Waals surface area contributed by atoms with Crippen LogP contribution >= 0.6 is 0 Å². The van der Waals surface area contributed by atoms with E-state index in [-0.39, 0.29) is 0 Å². The first-order valence-electron chi connectivity index (χ1n) is 7.92. The monoisotopic (exact) mass is 251 g/mol. The molecule has 3 heteroatoms. The van der Waals surface area contributed by atoms with Crippen LogP contribution in [0.15, 0.2) is 0 Å². The Morgan fingerprint density at radius 3 is 2.67 bits per heavy atom. The van der Waals surface area contributed by atoms with E-state index in [1.54, 1.807) is 0 Å². The van der Waals surface area contributed by atoms with Crippen molar-refractivity contribution < 1.29 is 0 Å². The summed E-state index contributed by atoms with van der Waals surface area (Å²) in [4.78, 5) is 5.58. The number of likely N-dealkylation sites (tertiary alicyclic amines) is 2. The molecule has 3 aliphatic rings. The predicted octanol–water partition coefficient (Wildman–Crippen LogP) is 1.54. The summed E-state index contributed by atoms with van der Waals surface area (Å²) in [6.45, 7) is 7.66. The molecule has 18 heavy (non-hydrogen) atoms. The fourth-order valence-corrected chi connectivity index (χ4v) is 4.09. The topological polar surface area (TPSA) is 18.5 Å². The third-order valence-corrected chi connectivity index (χ3v) is 5.18. The molecule has 0 aromatic heterocycles. The summed E-state index contributed by atoms with van der Waals surface area (Å²) in [6.07, 6.45) is 7.15. The lowest BCUT2D eigenvalue weighted by Crippen LogP contribution is -2.46. The van der Waals surface area contributed by atoms with E-state index in [9.17, 15) is 0 Å². The highest BCUT2D eigenvalue weighted by molar-refractivity contribution is 4.97. The Balaban J connectivity index is 1.54. The molecule has 3 nitrogen and oxygen atoms in total. The summed E-state index contributed by atoms with van der Waals surface area (Å²) >= 11 is 0. The van der Waals surface area contributed by atoms with Crippen LogP contribution in [-0.4, -0.2) is 61.2 Å². The molecular formula is C15H29N3. The molecule has 0 radical (unpaired) electrons. The van der Waals surface area contributed by atoms with Gasteiger partial charge in [-0.1, -0.05) is 0 Å². The number of rotatable bonds is 4. The van der Waals surface area contributed by atoms with Crippen LogP contribution in [0.25, 0.3) is 0 Å². The van der Waals surface area contributed by atoms with E-state index in [0.29, 0.717) is 0 Å². The summed E-state index contributed by atoms with van der Waals surface area (Å²) in [5.74, 6) is 0.883. The largest absolute Gasteiger partial charge is 0.319 e. The maximum atomic E-state index is 3.36. The highest BCUT2D eigenvalue weighted by Crippen LogP contribution is 2.35. The van der Waals surface area contributed by atoms with Gasteiger partial charge < -0.3 is 5.32 Å². The molecule has 3 atom stereocenters. The lowest BCUT2D eigenvalue weighted by molar-refractivity contribution is 0.123. The van der Waals surface area contributed by atoms with Crippen LogP contribution in [0.3, 0.4) is 0 Å². The van der Waals surface area contributed by atoms with Crippen molar-refractivity contribution in [2.45, 2.75) is 57.2 Å². The molecular weight excluding hydrogens is 222 g/mol. The minimum atomic E-state index is 0.826. The molecule has 2 heterocycles. The second kappa shape index (κ2) is 5.48. The number of hydrogen-bond donors (Lipinski definition) is 1. The minimum absolute atomic E-state index is 0.826. The van der Waals surface area contributed by atoms with E-state index < -0.39 is 0 Å². The Morgan fingerprint density at radius 1 is 1.11 bits per heavy atom. The molecule has 0 aromatic carbocycles. The van der Waals surface area contributed by atoms with E-state index >= 15 is 0 Å². The molecule has 1 N–H and O–H groups in total. The molecule has 0 bridgehead atoms. The number of nitrogens with one attached hydrogen (secondary N) is 1. The Morgan fingerprint density at radius 2 is 1.94 bits per heavy atom. The zero-order valence-corrected chi connectivity index (χ0v) is 12.1. The van der Waals surface area contributed by atoms with Crippen molar-refractivity contribution in [1.29, 1.82) is 0 Å². The smallest absolute Gasteiger partial charge is 0.0238 e. The molecule has 104 valence electrons. The molecule has 2 saturated heterocycles. The Labute approximate surface area is 112 Å². The number of nitrogens with zero attached hydrogens (tertiary/aromatic N) is 2. The maximum Gasteiger partial charge on any atom is 0.0238 e. The van der Waals surface area contributed by atoms with Crippen LogP contribution in [-0.2, 0) is 0 Å². The van der Waals surface area contributed by atoms with Crippen molar-refractivity contribution in [3.05, 3.63) is 0 Å². The van der Waals surface area contributed by atoms with Crippen molar-refractivity contribution >= 4 is 0 Å². The zero-order valence-electron chi connectivity index (χ0n) is 12.1. The highest BCUT2D eigenvalue weighted by Gasteiger charge is 2.41. The van der Waals surface area contributed by atoms with E-state index in [1.807, 2.05) is 0 Å². The summed E-state index contributed by atoms with van der Waals surface area (Å²) in [7, 11) is 2.09. The van der Waals surface area contributed by atoms with Gasteiger partial charge in [0.2, 0.25) is 0 Å². The summed E-state index contributed by atoms with van der Waals surface area (Å²) < 4.78 is 0. The van der Waals surface area contributed by atoms with E-state index in [2.05, 4.69) is 29.1 Å². The highest BCUT2D eigenvalue weighted by atomic mass is 15.3. The van der Waals surface area contributed by atoms with Crippen LogP contribution in [0.5, 0.6) is 0 Å². The number of piperidine rings is 1. The Kier molecular flexibility index (Phi) is 3.92. The van der Waals surface area contributed by atoms with Gasteiger partial charge >= 0.3 is 0 Å². The first-order chi connectivity index (χ1) is 8.78. The number of hydrogen-bond acceptors (Lipinski definition) is 3. The standard InChI is InChI=1S/C15H29N3/c1-12-8-15(11-18(12)14-5-6-14)17-7-3-4-13(10-17)9-16-2/h12-16H,3-11H2,1-2H3. The summed E-state index contributed by atoms with van der Waals surface area (Å²) in [5, 5.41) is 3.36. The van der Waals surface area contributed by atoms with Gasteiger partial charge in [-0.15, -0.1) is 0 Å². The van der Waals surface area contributed by atoms with Gasteiger partial charge in [0.1, 0.15) is 0 Å². The average molecular weight is 251 g/mol. The van der Waals surface area contributed by atoms with Crippen molar-refractivity contribution in [1.82, 2.24) is 15.1 Å². The van der Waals surface area contributed by atoms with Crippen LogP contribution in [0.1, 0.15) is 39.0 Å². The second-order valence-corrected chi connectivity index (χ2v) is 6.73. The van der Waals surface area contributed by atoms with Crippen molar-refractivity contribution in [3.8, 4) is 0 Å². The van der Waals surface area contributed by atoms with Gasteiger partial charge in [-0.3, -0.25) is 9.80 Å². The van der Waals surface area contributed by atoms with Gasteiger partial charge in [0, 0.05) is 31.2 Å². The molecule has 0 spiro atoms. The summed E-state index contributed by atoms with van der Waals surface area (Å²) in [6, 6.07) is 2.62. The van der Waals surface area contributed by atoms with Gasteiger partial charge in [-0.05, 0) is 65.1 Å². The summed E-state index contributed by atoms with van der Waals surface area (Å²) in [5.41, 5.74) is 0. The fraction of sp³-hybridized carbons (Fsp3) is 1.00. The van der Waals surface area contributed by atoms with Gasteiger partial charge in [0.15, 0.2) is 0 Å². The quantitative estimate of drug-likeness (QED) is 0.818. The second-order valence-electron chi connectivity index (χ2n) is 6.73. The Bertz CT molecular complexity index is 275. The van der Waals surface area contributed by atoms with Gasteiger partial charge in [-0.25, -0.2) is 0 Å². The molecule has 0 amide bonds. The van der Waals surface area contributed by atoms with E-state index in [4.69, 9.17) is 0 Å². The molecule has 3 rings (SSSR count). The molecule has 2 aliphatic heterocycles. The Hall–Kier alpha value is -0.120. The third kappa shape index (κ3) is 2.73. The van der Waals surface area contributed by atoms with Crippen molar-refractivity contribution in [3.63, 3.8) is 0 Å². The van der Waals surface area contributed by atoms with E-state index in [1.165, 1.54) is 58.3 Å². The normalized spacial score (nSPS) is 39.3. The van der Waals surface area contributed by atoms with Gasteiger partial charge in [-0.2, -0.15) is 0 Å². The first-order valence-corrected chi connectivity index (χ1v) is 7.92. The van der Waals surface area contributed by atoms with Crippen molar-refractivity contribution in [2.75, 3.05) is 33.2 Å². The molecule has 1 aliphatic carbocycles. The van der Waals surface area contributed by atoms with Gasteiger partial charge in [0.05, 0.1) is 0 Å². The SMILES string of the molecule is CNCC1CCCN(C2CC(C)N(C3CC3)C2)C1. The van der Waals surface area contributed by atoms with Crippen molar-refractivity contribution in [2.24, 2.45) is 5.92 Å². The van der Waals surface area contributed by atoms with Crippen LogP contribution in [0, 0.1) is 5.92 Å². The van der Waals surface area contributed by atoms with Crippen LogP contribution < -0.4 is 5.32 Å².